The first-order valence-electron chi connectivity index (χ1n) is 5.94. The summed E-state index contributed by atoms with van der Waals surface area (Å²) in [6, 6.07) is 1.49. The average molecular weight is 203 g/mol. The lowest BCUT2D eigenvalue weighted by Crippen LogP contribution is -2.33. The first-order chi connectivity index (χ1) is 7.40. The van der Waals surface area contributed by atoms with Crippen LogP contribution in [0.2, 0.25) is 0 Å². The maximum atomic E-state index is 4.43. The number of piperidine rings is 1. The lowest BCUT2D eigenvalue weighted by Gasteiger charge is -2.28. The van der Waals surface area contributed by atoms with Crippen LogP contribution in [0.3, 0.4) is 0 Å². The molecule has 2 heterocycles. The monoisotopic (exact) mass is 203 g/mol. The molecule has 0 spiro atoms. The van der Waals surface area contributed by atoms with E-state index in [0.717, 1.165) is 23.8 Å². The zero-order chi connectivity index (χ0) is 10.3. The molecule has 15 heavy (non-hydrogen) atoms. The van der Waals surface area contributed by atoms with Crippen molar-refractivity contribution in [2.45, 2.75) is 44.7 Å². The molecule has 3 nitrogen and oxygen atoms in total. The van der Waals surface area contributed by atoms with Crippen molar-refractivity contribution in [3.8, 4) is 0 Å². The third-order valence-corrected chi connectivity index (χ3v) is 3.65. The minimum Gasteiger partial charge on any atom is -0.349 e. The van der Waals surface area contributed by atoms with Gasteiger partial charge in [0.2, 0.25) is 0 Å². The number of fused-ring (bicyclic) bond motifs is 1. The van der Waals surface area contributed by atoms with Crippen LogP contribution >= 0.6 is 0 Å². The fourth-order valence-corrected chi connectivity index (χ4v) is 2.93. The summed E-state index contributed by atoms with van der Waals surface area (Å²) in [5.41, 5.74) is 0. The van der Waals surface area contributed by atoms with Gasteiger partial charge >= 0.3 is 0 Å². The molecular weight excluding hydrogens is 186 g/mol. The van der Waals surface area contributed by atoms with Gasteiger partial charge in [0.15, 0.2) is 0 Å². The molecule has 3 atom stereocenters. The molecule has 1 saturated carbocycles. The molecule has 0 radical (unpaired) electrons. The highest BCUT2D eigenvalue weighted by Crippen LogP contribution is 2.50. The van der Waals surface area contributed by atoms with Crippen molar-refractivity contribution in [1.29, 1.82) is 0 Å². The molecule has 80 valence electrons. The number of nitrogens with zero attached hydrogens (tertiary/aromatic N) is 3. The van der Waals surface area contributed by atoms with Crippen LogP contribution in [0, 0.1) is 5.92 Å². The van der Waals surface area contributed by atoms with Crippen LogP contribution in [-0.2, 0) is 0 Å². The molecule has 2 fully saturated rings. The molecule has 1 aliphatic carbocycles. The Kier molecular flexibility index (Phi) is 2.11. The van der Waals surface area contributed by atoms with Crippen LogP contribution in [0.4, 0.5) is 5.82 Å². The number of aromatic nitrogens is 2. The lowest BCUT2D eigenvalue weighted by molar-refractivity contribution is 0.546. The third-order valence-electron chi connectivity index (χ3n) is 3.65. The van der Waals surface area contributed by atoms with E-state index in [1.165, 1.54) is 25.7 Å². The van der Waals surface area contributed by atoms with Gasteiger partial charge in [0, 0.05) is 24.5 Å². The highest BCUT2D eigenvalue weighted by Gasteiger charge is 2.51. The molecule has 3 rings (SSSR count). The molecule has 1 saturated heterocycles. The summed E-state index contributed by atoms with van der Waals surface area (Å²) in [4.78, 5) is 11.1. The van der Waals surface area contributed by atoms with Crippen molar-refractivity contribution in [2.75, 3.05) is 4.90 Å². The van der Waals surface area contributed by atoms with Gasteiger partial charge in [-0.3, -0.25) is 4.98 Å². The topological polar surface area (TPSA) is 29.0 Å². The maximum Gasteiger partial charge on any atom is 0.147 e. The van der Waals surface area contributed by atoms with Gasteiger partial charge in [-0.15, -0.1) is 0 Å². The molecule has 0 aromatic carbocycles. The number of hydrogen-bond donors (Lipinski definition) is 0. The quantitative estimate of drug-likeness (QED) is 0.754. The Labute approximate surface area is 90.5 Å². The molecule has 0 amide bonds. The van der Waals surface area contributed by atoms with Crippen LogP contribution in [-0.4, -0.2) is 22.1 Å². The van der Waals surface area contributed by atoms with E-state index in [9.17, 15) is 0 Å². The van der Waals surface area contributed by atoms with Gasteiger partial charge in [-0.1, -0.05) is 13.3 Å². The van der Waals surface area contributed by atoms with Crippen LogP contribution < -0.4 is 4.90 Å². The van der Waals surface area contributed by atoms with Gasteiger partial charge in [-0.05, 0) is 25.2 Å². The summed E-state index contributed by atoms with van der Waals surface area (Å²) in [5, 5.41) is 0. The van der Waals surface area contributed by atoms with Crippen LogP contribution in [0.25, 0.3) is 0 Å². The summed E-state index contributed by atoms with van der Waals surface area (Å²) in [5.74, 6) is 2.03. The molecule has 1 aromatic heterocycles. The fraction of sp³-hybridized carbons (Fsp3) is 0.667. The minimum absolute atomic E-state index is 0.718. The molecule has 1 aromatic rings. The van der Waals surface area contributed by atoms with Crippen LogP contribution in [0.15, 0.2) is 18.6 Å². The minimum atomic E-state index is 0.718. The Bertz CT molecular complexity index is 338. The summed E-state index contributed by atoms with van der Waals surface area (Å²) in [6.45, 7) is 2.26. The Morgan fingerprint density at radius 2 is 2.33 bits per heavy atom. The second-order valence-electron chi connectivity index (χ2n) is 4.71. The zero-order valence-corrected chi connectivity index (χ0v) is 9.13. The van der Waals surface area contributed by atoms with E-state index < -0.39 is 0 Å². The van der Waals surface area contributed by atoms with Crippen LogP contribution in [0.1, 0.15) is 32.6 Å². The van der Waals surface area contributed by atoms with E-state index in [1.54, 1.807) is 12.4 Å². The summed E-state index contributed by atoms with van der Waals surface area (Å²) < 4.78 is 0. The third kappa shape index (κ3) is 1.50. The average Bonchev–Trinajstić information content (AvgIpc) is 2.92. The highest BCUT2D eigenvalue weighted by atomic mass is 15.3. The van der Waals surface area contributed by atoms with Crippen molar-refractivity contribution in [1.82, 2.24) is 9.97 Å². The van der Waals surface area contributed by atoms with E-state index >= 15 is 0 Å². The number of hydrogen-bond acceptors (Lipinski definition) is 3. The standard InChI is InChI=1S/C12H17N3/c1-2-3-10-6-9-7-11(9)15(10)12-8-13-4-5-14-12/h4-5,8-11H,2-3,6-7H2,1H3. The zero-order valence-electron chi connectivity index (χ0n) is 9.13. The lowest BCUT2D eigenvalue weighted by atomic mass is 10.1. The van der Waals surface area contributed by atoms with E-state index in [1.807, 2.05) is 6.20 Å². The Morgan fingerprint density at radius 3 is 3.07 bits per heavy atom. The Balaban J connectivity index is 1.83. The SMILES string of the molecule is CCCC1CC2CC2N1c1cnccn1. The number of rotatable bonds is 3. The summed E-state index contributed by atoms with van der Waals surface area (Å²) in [7, 11) is 0. The van der Waals surface area contributed by atoms with Crippen molar-refractivity contribution >= 4 is 5.82 Å². The van der Waals surface area contributed by atoms with Gasteiger partial charge in [0.05, 0.1) is 6.20 Å². The van der Waals surface area contributed by atoms with Crippen molar-refractivity contribution in [3.05, 3.63) is 18.6 Å². The van der Waals surface area contributed by atoms with Gasteiger partial charge in [0.25, 0.3) is 0 Å². The van der Waals surface area contributed by atoms with Gasteiger partial charge in [0.1, 0.15) is 5.82 Å². The first kappa shape index (κ1) is 9.13. The van der Waals surface area contributed by atoms with E-state index in [0.29, 0.717) is 0 Å². The molecule has 1 aliphatic heterocycles. The molecule has 3 heteroatoms. The highest BCUT2D eigenvalue weighted by molar-refractivity contribution is 5.44. The number of anilines is 1. The van der Waals surface area contributed by atoms with E-state index in [2.05, 4.69) is 21.8 Å². The van der Waals surface area contributed by atoms with Gasteiger partial charge in [-0.25, -0.2) is 4.98 Å². The molecule has 0 bridgehead atoms. The smallest absolute Gasteiger partial charge is 0.147 e. The molecule has 3 unspecified atom stereocenters. The van der Waals surface area contributed by atoms with Gasteiger partial charge < -0.3 is 4.90 Å². The summed E-state index contributed by atoms with van der Waals surface area (Å²) in [6.07, 6.45) is 10.8. The summed E-state index contributed by atoms with van der Waals surface area (Å²) >= 11 is 0. The predicted octanol–water partition coefficient (Wildman–Crippen LogP) is 2.24. The second-order valence-corrected chi connectivity index (χ2v) is 4.71. The Hall–Kier alpha value is -1.12. The second kappa shape index (κ2) is 3.47. The largest absolute Gasteiger partial charge is 0.349 e. The molecule has 0 N–H and O–H groups in total. The fourth-order valence-electron chi connectivity index (χ4n) is 2.93. The van der Waals surface area contributed by atoms with Gasteiger partial charge in [-0.2, -0.15) is 0 Å². The molecular formula is C12H17N3. The van der Waals surface area contributed by atoms with E-state index in [4.69, 9.17) is 0 Å². The van der Waals surface area contributed by atoms with Crippen molar-refractivity contribution in [2.24, 2.45) is 5.92 Å². The molecule has 2 aliphatic rings. The maximum absolute atomic E-state index is 4.43. The van der Waals surface area contributed by atoms with Crippen molar-refractivity contribution < 1.29 is 0 Å². The van der Waals surface area contributed by atoms with E-state index in [-0.39, 0.29) is 0 Å². The first-order valence-corrected chi connectivity index (χ1v) is 5.94. The normalized spacial score (nSPS) is 32.9. The van der Waals surface area contributed by atoms with Crippen LogP contribution in [0.5, 0.6) is 0 Å². The predicted molar refractivity (Wildman–Crippen MR) is 59.7 cm³/mol. The van der Waals surface area contributed by atoms with Crippen molar-refractivity contribution in [3.63, 3.8) is 0 Å². The Morgan fingerprint density at radius 1 is 1.40 bits per heavy atom.